The van der Waals surface area contributed by atoms with E-state index in [0.29, 0.717) is 12.0 Å². The van der Waals surface area contributed by atoms with Crippen LogP contribution in [0.5, 0.6) is 0 Å². The Morgan fingerprint density at radius 2 is 2.20 bits per heavy atom. The van der Waals surface area contributed by atoms with Gasteiger partial charge >= 0.3 is 0 Å². The molecule has 2 aliphatic rings. The van der Waals surface area contributed by atoms with Gasteiger partial charge < -0.3 is 10.2 Å². The summed E-state index contributed by atoms with van der Waals surface area (Å²) in [6.45, 7) is 8.20. The van der Waals surface area contributed by atoms with Crippen molar-refractivity contribution in [1.29, 1.82) is 0 Å². The van der Waals surface area contributed by atoms with Crippen LogP contribution in [0.1, 0.15) is 13.8 Å². The Morgan fingerprint density at radius 1 is 1.47 bits per heavy atom. The number of carbonyl (C=O) groups excluding carboxylic acids is 1. The lowest BCUT2D eigenvalue weighted by molar-refractivity contribution is -0.145. The van der Waals surface area contributed by atoms with Gasteiger partial charge in [-0.15, -0.1) is 0 Å². The van der Waals surface area contributed by atoms with Crippen molar-refractivity contribution >= 4 is 5.91 Å². The molecule has 2 unspecified atom stereocenters. The number of nitrogens with one attached hydrogen (secondary N) is 1. The van der Waals surface area contributed by atoms with E-state index in [1.54, 1.807) is 0 Å². The molecule has 2 atom stereocenters. The van der Waals surface area contributed by atoms with Gasteiger partial charge in [0.15, 0.2) is 0 Å². The molecule has 0 aliphatic carbocycles. The number of fused-ring (bicyclic) bond motifs is 1. The van der Waals surface area contributed by atoms with Gasteiger partial charge in [0, 0.05) is 39.3 Å². The van der Waals surface area contributed by atoms with Gasteiger partial charge in [-0.2, -0.15) is 0 Å². The molecule has 2 saturated heterocycles. The Hall–Kier alpha value is -0.610. The van der Waals surface area contributed by atoms with Gasteiger partial charge in [-0.3, -0.25) is 9.69 Å². The lowest BCUT2D eigenvalue weighted by Crippen LogP contribution is -2.68. The Labute approximate surface area is 91.6 Å². The largest absolute Gasteiger partial charge is 0.343 e. The second-order valence-corrected chi connectivity index (χ2v) is 4.99. The first kappa shape index (κ1) is 10.9. The first-order chi connectivity index (χ1) is 7.11. The monoisotopic (exact) mass is 211 g/mol. The third-order valence-electron chi connectivity index (χ3n) is 3.60. The molecule has 0 aromatic carbocycles. The molecule has 86 valence electrons. The highest BCUT2D eigenvalue weighted by atomic mass is 16.2. The molecule has 2 heterocycles. The average Bonchev–Trinajstić information content (AvgIpc) is 2.23. The molecule has 0 saturated carbocycles. The molecule has 2 aliphatic heterocycles. The normalized spacial score (nSPS) is 33.3. The number of likely N-dealkylation sites (N-methyl/N-ethyl adjacent to an activating group) is 1. The van der Waals surface area contributed by atoms with E-state index in [4.69, 9.17) is 0 Å². The molecule has 0 bridgehead atoms. The molecule has 0 aromatic heterocycles. The van der Waals surface area contributed by atoms with Crippen LogP contribution in [0.3, 0.4) is 0 Å². The maximum absolute atomic E-state index is 12.0. The summed E-state index contributed by atoms with van der Waals surface area (Å²) in [5.41, 5.74) is 0. The molecule has 0 aromatic rings. The predicted octanol–water partition coefficient (Wildman–Crippen LogP) is -0.243. The number of hydrogen-bond donors (Lipinski definition) is 1. The molecule has 2 fully saturated rings. The van der Waals surface area contributed by atoms with E-state index >= 15 is 0 Å². The van der Waals surface area contributed by atoms with Crippen molar-refractivity contribution < 1.29 is 4.79 Å². The molecular weight excluding hydrogens is 190 g/mol. The van der Waals surface area contributed by atoms with E-state index in [-0.39, 0.29) is 11.9 Å². The maximum Gasteiger partial charge on any atom is 0.241 e. The van der Waals surface area contributed by atoms with Crippen LogP contribution in [-0.4, -0.2) is 61.0 Å². The first-order valence-corrected chi connectivity index (χ1v) is 5.82. The lowest BCUT2D eigenvalue weighted by atomic mass is 9.95. The van der Waals surface area contributed by atoms with Crippen molar-refractivity contribution in [2.75, 3.05) is 33.2 Å². The zero-order valence-corrected chi connectivity index (χ0v) is 9.86. The number of carbonyl (C=O) groups is 1. The predicted molar refractivity (Wildman–Crippen MR) is 59.6 cm³/mol. The molecule has 4 heteroatoms. The lowest BCUT2D eigenvalue weighted by Gasteiger charge is -2.48. The molecule has 15 heavy (non-hydrogen) atoms. The van der Waals surface area contributed by atoms with Crippen molar-refractivity contribution in [1.82, 2.24) is 15.1 Å². The SMILES string of the molecule is CC(C)C1CN(C)C(=O)C2CNCCN21. The minimum absolute atomic E-state index is 0.0740. The molecule has 1 N–H and O–H groups in total. The van der Waals surface area contributed by atoms with Crippen molar-refractivity contribution in [3.63, 3.8) is 0 Å². The Balaban J connectivity index is 2.18. The number of amides is 1. The van der Waals surface area contributed by atoms with Crippen molar-refractivity contribution in [2.24, 2.45) is 5.92 Å². The maximum atomic E-state index is 12.0. The molecule has 2 rings (SSSR count). The molecule has 1 amide bonds. The minimum atomic E-state index is 0.0740. The summed E-state index contributed by atoms with van der Waals surface area (Å²) in [4.78, 5) is 16.3. The van der Waals surface area contributed by atoms with E-state index in [0.717, 1.165) is 26.2 Å². The van der Waals surface area contributed by atoms with Gasteiger partial charge in [-0.1, -0.05) is 13.8 Å². The Morgan fingerprint density at radius 3 is 2.87 bits per heavy atom. The van der Waals surface area contributed by atoms with Gasteiger partial charge in [-0.05, 0) is 5.92 Å². The van der Waals surface area contributed by atoms with E-state index in [2.05, 4.69) is 24.1 Å². The molecule has 0 radical (unpaired) electrons. The van der Waals surface area contributed by atoms with Crippen LogP contribution in [0.4, 0.5) is 0 Å². The van der Waals surface area contributed by atoms with Crippen molar-refractivity contribution in [2.45, 2.75) is 25.9 Å². The fraction of sp³-hybridized carbons (Fsp3) is 0.909. The minimum Gasteiger partial charge on any atom is -0.343 e. The van der Waals surface area contributed by atoms with Crippen LogP contribution < -0.4 is 5.32 Å². The summed E-state index contributed by atoms with van der Waals surface area (Å²) >= 11 is 0. The van der Waals surface area contributed by atoms with Crippen LogP contribution in [0.15, 0.2) is 0 Å². The standard InChI is InChI=1S/C11H21N3O/c1-8(2)10-7-13(3)11(15)9-6-12-4-5-14(9)10/h8-10,12H,4-7H2,1-3H3. The summed E-state index contributed by atoms with van der Waals surface area (Å²) in [5.74, 6) is 0.889. The summed E-state index contributed by atoms with van der Waals surface area (Å²) in [7, 11) is 1.92. The smallest absolute Gasteiger partial charge is 0.241 e. The van der Waals surface area contributed by atoms with Crippen LogP contribution in [0.2, 0.25) is 0 Å². The number of hydrogen-bond acceptors (Lipinski definition) is 3. The summed E-state index contributed by atoms with van der Waals surface area (Å²) in [5, 5.41) is 3.31. The second kappa shape index (κ2) is 4.10. The van der Waals surface area contributed by atoms with Crippen LogP contribution >= 0.6 is 0 Å². The molecule has 0 spiro atoms. The quantitative estimate of drug-likeness (QED) is 0.650. The average molecular weight is 211 g/mol. The highest BCUT2D eigenvalue weighted by Gasteiger charge is 2.41. The van der Waals surface area contributed by atoms with E-state index in [1.165, 1.54) is 0 Å². The molecule has 4 nitrogen and oxygen atoms in total. The number of nitrogens with zero attached hydrogens (tertiary/aromatic N) is 2. The highest BCUT2D eigenvalue weighted by Crippen LogP contribution is 2.22. The van der Waals surface area contributed by atoms with Crippen LogP contribution in [0.25, 0.3) is 0 Å². The van der Waals surface area contributed by atoms with Gasteiger partial charge in [0.1, 0.15) is 6.04 Å². The summed E-state index contributed by atoms with van der Waals surface area (Å²) in [6.07, 6.45) is 0. The van der Waals surface area contributed by atoms with Gasteiger partial charge in [0.05, 0.1) is 0 Å². The number of rotatable bonds is 1. The van der Waals surface area contributed by atoms with E-state index in [1.807, 2.05) is 11.9 Å². The van der Waals surface area contributed by atoms with Crippen molar-refractivity contribution in [3.8, 4) is 0 Å². The first-order valence-electron chi connectivity index (χ1n) is 5.82. The fourth-order valence-electron chi connectivity index (χ4n) is 2.67. The number of piperazine rings is 2. The van der Waals surface area contributed by atoms with E-state index in [9.17, 15) is 4.79 Å². The zero-order valence-electron chi connectivity index (χ0n) is 9.86. The third kappa shape index (κ3) is 1.88. The Kier molecular flexibility index (Phi) is 2.98. The Bertz CT molecular complexity index is 254. The summed E-state index contributed by atoms with van der Waals surface area (Å²) < 4.78 is 0. The van der Waals surface area contributed by atoms with Crippen molar-refractivity contribution in [3.05, 3.63) is 0 Å². The van der Waals surface area contributed by atoms with Gasteiger partial charge in [0.25, 0.3) is 0 Å². The summed E-state index contributed by atoms with van der Waals surface area (Å²) in [6, 6.07) is 0.602. The molecular formula is C11H21N3O. The third-order valence-corrected chi connectivity index (χ3v) is 3.60. The second-order valence-electron chi connectivity index (χ2n) is 4.99. The highest BCUT2D eigenvalue weighted by molar-refractivity contribution is 5.83. The van der Waals surface area contributed by atoms with Gasteiger partial charge in [-0.25, -0.2) is 0 Å². The zero-order chi connectivity index (χ0) is 11.0. The van der Waals surface area contributed by atoms with E-state index < -0.39 is 0 Å². The fourth-order valence-corrected chi connectivity index (χ4v) is 2.67. The van der Waals surface area contributed by atoms with Crippen LogP contribution in [0, 0.1) is 5.92 Å². The van der Waals surface area contributed by atoms with Gasteiger partial charge in [0.2, 0.25) is 5.91 Å². The van der Waals surface area contributed by atoms with Crippen LogP contribution in [-0.2, 0) is 4.79 Å². The topological polar surface area (TPSA) is 35.6 Å².